The highest BCUT2D eigenvalue weighted by Gasteiger charge is 2.09. The third kappa shape index (κ3) is 3.89. The van der Waals surface area contributed by atoms with Gasteiger partial charge in [0.25, 0.3) is 0 Å². The average molecular weight is 343 g/mol. The zero-order valence-corrected chi connectivity index (χ0v) is 15.2. The number of anilines is 1. The number of carbonyl (C=O) groups excluding carboxylic acids is 1. The Morgan fingerprint density at radius 2 is 1.73 bits per heavy atom. The van der Waals surface area contributed by atoms with E-state index in [9.17, 15) is 4.79 Å². The molecule has 0 saturated heterocycles. The maximum atomic E-state index is 11.9. The van der Waals surface area contributed by atoms with Crippen molar-refractivity contribution in [1.82, 2.24) is 0 Å². The van der Waals surface area contributed by atoms with Crippen molar-refractivity contribution in [3.05, 3.63) is 90.8 Å². The predicted molar refractivity (Wildman–Crippen MR) is 108 cm³/mol. The molecular formula is C23H23N2O+. The van der Waals surface area contributed by atoms with E-state index in [1.165, 1.54) is 10.9 Å². The molecule has 0 radical (unpaired) electrons. The van der Waals surface area contributed by atoms with Gasteiger partial charge in [-0.1, -0.05) is 42.5 Å². The van der Waals surface area contributed by atoms with Crippen molar-refractivity contribution < 1.29 is 9.36 Å². The summed E-state index contributed by atoms with van der Waals surface area (Å²) in [7, 11) is 0. The normalized spacial score (nSPS) is 11.5. The lowest BCUT2D eigenvalue weighted by Crippen LogP contribution is -2.32. The molecule has 3 rings (SSSR count). The summed E-state index contributed by atoms with van der Waals surface area (Å²) in [5.41, 5.74) is 3.23. The minimum absolute atomic E-state index is 0.0185. The molecule has 130 valence electrons. The van der Waals surface area contributed by atoms with Crippen LogP contribution in [0.2, 0.25) is 0 Å². The minimum atomic E-state index is -0.0185. The molecule has 0 spiro atoms. The number of para-hydroxylation sites is 2. The molecule has 1 amide bonds. The summed E-state index contributed by atoms with van der Waals surface area (Å²) in [5.74, 6) is -0.0185. The molecule has 0 unspecified atom stereocenters. The van der Waals surface area contributed by atoms with Gasteiger partial charge < -0.3 is 0 Å². The van der Waals surface area contributed by atoms with Crippen LogP contribution in [0.15, 0.2) is 85.2 Å². The largest absolute Gasteiger partial charge is 0.288 e. The summed E-state index contributed by atoms with van der Waals surface area (Å²) in [6, 6.07) is 20.1. The molecule has 3 nitrogen and oxygen atoms in total. The van der Waals surface area contributed by atoms with Gasteiger partial charge in [0.15, 0.2) is 6.20 Å². The Balaban J connectivity index is 1.85. The fourth-order valence-corrected chi connectivity index (χ4v) is 2.99. The first-order valence-corrected chi connectivity index (χ1v) is 8.81. The Morgan fingerprint density at radius 1 is 1.00 bits per heavy atom. The second-order valence-corrected chi connectivity index (χ2v) is 6.00. The van der Waals surface area contributed by atoms with E-state index in [4.69, 9.17) is 0 Å². The number of hydrogen-bond acceptors (Lipinski definition) is 1. The van der Waals surface area contributed by atoms with Crippen LogP contribution in [0.5, 0.6) is 0 Å². The number of rotatable bonds is 5. The fraction of sp³-hybridized carbons (Fsp3) is 0.130. The molecule has 0 saturated carbocycles. The number of allylic oxidation sites excluding steroid dienone is 2. The van der Waals surface area contributed by atoms with Gasteiger partial charge >= 0.3 is 0 Å². The molecule has 0 aliphatic rings. The molecule has 1 heterocycles. The highest BCUT2D eigenvalue weighted by Crippen LogP contribution is 2.17. The Kier molecular flexibility index (Phi) is 5.59. The SMILES string of the molecule is CC[n+]1ccc(C=CC=CN(C(C)=O)c2ccccc2)c2ccccc21. The number of hydrogen-bond donors (Lipinski definition) is 0. The number of nitrogens with zero attached hydrogens (tertiary/aromatic N) is 2. The smallest absolute Gasteiger partial charge is 0.227 e. The van der Waals surface area contributed by atoms with Gasteiger partial charge in [-0.3, -0.25) is 9.69 Å². The third-order valence-corrected chi connectivity index (χ3v) is 4.29. The van der Waals surface area contributed by atoms with E-state index in [2.05, 4.69) is 54.1 Å². The van der Waals surface area contributed by atoms with Crippen LogP contribution >= 0.6 is 0 Å². The number of aromatic nitrogens is 1. The van der Waals surface area contributed by atoms with Gasteiger partial charge in [0.05, 0.1) is 5.39 Å². The summed E-state index contributed by atoms with van der Waals surface area (Å²) >= 11 is 0. The van der Waals surface area contributed by atoms with Crippen LogP contribution in [0.25, 0.3) is 17.0 Å². The van der Waals surface area contributed by atoms with Gasteiger partial charge in [-0.15, -0.1) is 0 Å². The predicted octanol–water partition coefficient (Wildman–Crippen LogP) is 4.73. The molecule has 3 aromatic rings. The van der Waals surface area contributed by atoms with E-state index in [1.54, 1.807) is 18.0 Å². The van der Waals surface area contributed by atoms with Crippen molar-refractivity contribution in [3.8, 4) is 0 Å². The summed E-state index contributed by atoms with van der Waals surface area (Å²) in [5, 5.41) is 1.22. The zero-order chi connectivity index (χ0) is 18.4. The van der Waals surface area contributed by atoms with Crippen LogP contribution < -0.4 is 9.47 Å². The monoisotopic (exact) mass is 343 g/mol. The lowest BCUT2D eigenvalue weighted by atomic mass is 10.1. The number of fused-ring (bicyclic) bond motifs is 1. The summed E-state index contributed by atoms with van der Waals surface area (Å²) in [6.07, 6.45) is 9.84. The minimum Gasteiger partial charge on any atom is -0.288 e. The lowest BCUT2D eigenvalue weighted by molar-refractivity contribution is -0.667. The van der Waals surface area contributed by atoms with Gasteiger partial charge in [0, 0.05) is 30.9 Å². The standard InChI is InChI=1S/C23H23N2O/c1-3-24-18-16-20(22-14-7-8-15-23(22)24)11-9-10-17-25(19(2)26)21-12-5-4-6-13-21/h4-18H,3H2,1-2H3/q+1. The Labute approximate surface area is 154 Å². The Hall–Kier alpha value is -3.20. The summed E-state index contributed by atoms with van der Waals surface area (Å²) in [6.45, 7) is 4.65. The van der Waals surface area contributed by atoms with Crippen molar-refractivity contribution in [1.29, 1.82) is 0 Å². The van der Waals surface area contributed by atoms with E-state index in [1.807, 2.05) is 42.5 Å². The van der Waals surface area contributed by atoms with Gasteiger partial charge in [-0.2, -0.15) is 4.57 Å². The van der Waals surface area contributed by atoms with Crippen molar-refractivity contribution in [3.63, 3.8) is 0 Å². The number of aryl methyl sites for hydroxylation is 1. The van der Waals surface area contributed by atoms with Crippen molar-refractivity contribution in [2.24, 2.45) is 0 Å². The molecular weight excluding hydrogens is 320 g/mol. The second-order valence-electron chi connectivity index (χ2n) is 6.00. The first kappa shape index (κ1) is 17.6. The number of amides is 1. The van der Waals surface area contributed by atoms with Gasteiger partial charge in [0.2, 0.25) is 11.4 Å². The molecule has 0 aliphatic carbocycles. The fourth-order valence-electron chi connectivity index (χ4n) is 2.99. The van der Waals surface area contributed by atoms with Crippen LogP contribution in [0.1, 0.15) is 19.4 Å². The molecule has 3 heteroatoms. The summed E-state index contributed by atoms with van der Waals surface area (Å²) < 4.78 is 2.23. The third-order valence-electron chi connectivity index (χ3n) is 4.29. The van der Waals surface area contributed by atoms with Gasteiger partial charge in [-0.05, 0) is 36.8 Å². The van der Waals surface area contributed by atoms with Gasteiger partial charge in [-0.25, -0.2) is 0 Å². The van der Waals surface area contributed by atoms with Crippen LogP contribution in [-0.4, -0.2) is 5.91 Å². The van der Waals surface area contributed by atoms with Gasteiger partial charge in [0.1, 0.15) is 6.54 Å². The first-order valence-electron chi connectivity index (χ1n) is 8.81. The van der Waals surface area contributed by atoms with Crippen molar-refractivity contribution in [2.75, 3.05) is 4.90 Å². The van der Waals surface area contributed by atoms with Crippen LogP contribution in [0.4, 0.5) is 5.69 Å². The van der Waals surface area contributed by atoms with Crippen molar-refractivity contribution >= 4 is 28.6 Å². The quantitative estimate of drug-likeness (QED) is 0.485. The van der Waals surface area contributed by atoms with Crippen LogP contribution in [-0.2, 0) is 11.3 Å². The Morgan fingerprint density at radius 3 is 2.46 bits per heavy atom. The lowest BCUT2D eigenvalue weighted by Gasteiger charge is -2.15. The highest BCUT2D eigenvalue weighted by atomic mass is 16.2. The second kappa shape index (κ2) is 8.26. The first-order chi connectivity index (χ1) is 12.7. The number of benzene rings is 2. The molecule has 0 aliphatic heterocycles. The topological polar surface area (TPSA) is 24.2 Å². The molecule has 26 heavy (non-hydrogen) atoms. The van der Waals surface area contributed by atoms with E-state index in [-0.39, 0.29) is 5.91 Å². The van der Waals surface area contributed by atoms with Crippen LogP contribution in [0.3, 0.4) is 0 Å². The maximum absolute atomic E-state index is 11.9. The molecule has 0 N–H and O–H groups in total. The average Bonchev–Trinajstić information content (AvgIpc) is 2.68. The molecule has 2 aromatic carbocycles. The van der Waals surface area contributed by atoms with Crippen LogP contribution in [0, 0.1) is 0 Å². The van der Waals surface area contributed by atoms with E-state index >= 15 is 0 Å². The summed E-state index contributed by atoms with van der Waals surface area (Å²) in [4.78, 5) is 13.5. The number of carbonyl (C=O) groups is 1. The zero-order valence-electron chi connectivity index (χ0n) is 15.2. The molecule has 1 aromatic heterocycles. The molecule has 0 fully saturated rings. The molecule has 0 bridgehead atoms. The van der Waals surface area contributed by atoms with E-state index in [0.29, 0.717) is 0 Å². The number of pyridine rings is 1. The maximum Gasteiger partial charge on any atom is 0.227 e. The Bertz CT molecular complexity index is 958. The molecule has 0 atom stereocenters. The van der Waals surface area contributed by atoms with E-state index in [0.717, 1.165) is 17.8 Å². The highest BCUT2D eigenvalue weighted by molar-refractivity contribution is 5.93. The van der Waals surface area contributed by atoms with Crippen molar-refractivity contribution in [2.45, 2.75) is 20.4 Å². The van der Waals surface area contributed by atoms with E-state index < -0.39 is 0 Å².